The number of anilines is 1. The molecule has 10 nitrogen and oxygen atoms in total. The number of aryl methyl sites for hydroxylation is 1. The van der Waals surface area contributed by atoms with Crippen LogP contribution >= 0.6 is 0 Å². The summed E-state index contributed by atoms with van der Waals surface area (Å²) in [6.45, 7) is 0.845. The zero-order chi connectivity index (χ0) is 22.2. The first kappa shape index (κ1) is 20.6. The third-order valence-electron chi connectivity index (χ3n) is 5.17. The van der Waals surface area contributed by atoms with Gasteiger partial charge in [-0.2, -0.15) is 17.7 Å². The molecule has 4 rings (SSSR count). The lowest BCUT2D eigenvalue weighted by Crippen LogP contribution is -2.47. The quantitative estimate of drug-likeness (QED) is 0.597. The van der Waals surface area contributed by atoms with Gasteiger partial charge in [0.2, 0.25) is 5.91 Å². The van der Waals surface area contributed by atoms with Crippen LogP contribution in [0.15, 0.2) is 30.5 Å². The maximum Gasteiger partial charge on any atom is 0.453 e. The fraction of sp³-hybridized carbons (Fsp3) is 0.389. The third-order valence-corrected chi connectivity index (χ3v) is 5.17. The molecule has 0 atom stereocenters. The van der Waals surface area contributed by atoms with Crippen molar-refractivity contribution in [2.75, 3.05) is 18.0 Å². The summed E-state index contributed by atoms with van der Waals surface area (Å²) < 4.78 is 41.5. The van der Waals surface area contributed by atoms with Crippen molar-refractivity contribution < 1.29 is 22.8 Å². The summed E-state index contributed by atoms with van der Waals surface area (Å²) in [4.78, 5) is 26.3. The van der Waals surface area contributed by atoms with Gasteiger partial charge in [-0.05, 0) is 37.1 Å². The van der Waals surface area contributed by atoms with E-state index in [1.165, 1.54) is 6.07 Å². The van der Waals surface area contributed by atoms with E-state index in [2.05, 4.69) is 26.1 Å². The van der Waals surface area contributed by atoms with Crippen LogP contribution < -0.4 is 15.8 Å². The molecule has 1 fully saturated rings. The second kappa shape index (κ2) is 7.89. The van der Waals surface area contributed by atoms with Crippen molar-refractivity contribution >= 4 is 23.3 Å². The van der Waals surface area contributed by atoms with E-state index in [9.17, 15) is 22.8 Å². The maximum absolute atomic E-state index is 13.1. The average molecular weight is 436 g/mol. The molecule has 2 N–H and O–H groups in total. The average Bonchev–Trinajstić information content (AvgIpc) is 3.37. The number of amides is 2. The van der Waals surface area contributed by atoms with Crippen LogP contribution in [0, 0.1) is 5.92 Å². The van der Waals surface area contributed by atoms with Gasteiger partial charge in [0, 0.05) is 32.3 Å². The van der Waals surface area contributed by atoms with Crippen LogP contribution in [0.4, 0.5) is 19.0 Å². The number of fused-ring (bicyclic) bond motifs is 1. The minimum atomic E-state index is -4.67. The van der Waals surface area contributed by atoms with Crippen LogP contribution in [-0.4, -0.2) is 49.3 Å². The van der Waals surface area contributed by atoms with Gasteiger partial charge >= 0.3 is 6.18 Å². The van der Waals surface area contributed by atoms with E-state index in [-0.39, 0.29) is 17.5 Å². The molecule has 0 unspecified atom stereocenters. The summed E-state index contributed by atoms with van der Waals surface area (Å²) in [6.07, 6.45) is -2.03. The Morgan fingerprint density at radius 3 is 2.48 bits per heavy atom. The van der Waals surface area contributed by atoms with E-state index >= 15 is 0 Å². The monoisotopic (exact) mass is 436 g/mol. The molecule has 13 heteroatoms. The Balaban J connectivity index is 1.35. The van der Waals surface area contributed by atoms with Crippen molar-refractivity contribution in [2.24, 2.45) is 13.0 Å². The van der Waals surface area contributed by atoms with Gasteiger partial charge in [0.15, 0.2) is 5.65 Å². The SMILES string of the molecule is Cn1cccc1C(=O)NNC(=O)C1CCN(c2ccc3nnc(C(F)(F)F)n3n2)CC1. The molecule has 2 amide bonds. The first-order valence-corrected chi connectivity index (χ1v) is 9.50. The third kappa shape index (κ3) is 4.15. The van der Waals surface area contributed by atoms with Crippen LogP contribution in [0.2, 0.25) is 0 Å². The largest absolute Gasteiger partial charge is 0.453 e. The Bertz CT molecular complexity index is 1110. The molecule has 0 bridgehead atoms. The number of nitrogens with one attached hydrogen (secondary N) is 2. The molecule has 1 aliphatic heterocycles. The molecule has 3 aromatic rings. The Morgan fingerprint density at radius 1 is 1.10 bits per heavy atom. The van der Waals surface area contributed by atoms with Crippen LogP contribution in [0.5, 0.6) is 0 Å². The van der Waals surface area contributed by atoms with Gasteiger partial charge < -0.3 is 9.47 Å². The maximum atomic E-state index is 13.1. The zero-order valence-corrected chi connectivity index (χ0v) is 16.4. The number of halogens is 3. The van der Waals surface area contributed by atoms with E-state index in [0.717, 1.165) is 0 Å². The van der Waals surface area contributed by atoms with Crippen molar-refractivity contribution in [1.82, 2.24) is 35.2 Å². The highest BCUT2D eigenvalue weighted by Crippen LogP contribution is 2.28. The van der Waals surface area contributed by atoms with Gasteiger partial charge in [0.05, 0.1) is 0 Å². The second-order valence-corrected chi connectivity index (χ2v) is 7.19. The first-order valence-electron chi connectivity index (χ1n) is 9.50. The predicted octanol–water partition coefficient (Wildman–Crippen LogP) is 1.16. The van der Waals surface area contributed by atoms with Gasteiger partial charge in [-0.3, -0.25) is 20.4 Å². The van der Waals surface area contributed by atoms with Crippen molar-refractivity contribution in [3.8, 4) is 0 Å². The van der Waals surface area contributed by atoms with E-state index in [1.807, 2.05) is 0 Å². The number of hydrazine groups is 1. The summed E-state index contributed by atoms with van der Waals surface area (Å²) >= 11 is 0. The lowest BCUT2D eigenvalue weighted by molar-refractivity contribution is -0.146. The lowest BCUT2D eigenvalue weighted by atomic mass is 9.96. The lowest BCUT2D eigenvalue weighted by Gasteiger charge is -2.32. The number of carbonyl (C=O) groups is 2. The van der Waals surface area contributed by atoms with Crippen molar-refractivity contribution in [2.45, 2.75) is 19.0 Å². The number of aromatic nitrogens is 5. The highest BCUT2D eigenvalue weighted by molar-refractivity contribution is 5.94. The molecule has 1 saturated heterocycles. The van der Waals surface area contributed by atoms with Gasteiger partial charge in [-0.15, -0.1) is 15.3 Å². The zero-order valence-electron chi connectivity index (χ0n) is 16.4. The normalized spacial score (nSPS) is 15.3. The number of hydrogen-bond donors (Lipinski definition) is 2. The minimum absolute atomic E-state index is 0.000646. The van der Waals surface area contributed by atoms with Crippen molar-refractivity contribution in [3.05, 3.63) is 42.0 Å². The molecular formula is C18H19F3N8O2. The van der Waals surface area contributed by atoms with Crippen LogP contribution in [0.25, 0.3) is 5.65 Å². The van der Waals surface area contributed by atoms with Crippen LogP contribution in [-0.2, 0) is 18.0 Å². The predicted molar refractivity (Wildman–Crippen MR) is 102 cm³/mol. The molecule has 164 valence electrons. The number of alkyl halides is 3. The molecule has 3 aromatic heterocycles. The van der Waals surface area contributed by atoms with E-state index in [0.29, 0.717) is 42.0 Å². The number of piperidine rings is 1. The number of rotatable bonds is 3. The fourth-order valence-electron chi connectivity index (χ4n) is 3.48. The molecule has 0 aliphatic carbocycles. The fourth-order valence-corrected chi connectivity index (χ4v) is 3.48. The van der Waals surface area contributed by atoms with Gasteiger partial charge in [-0.25, -0.2) is 0 Å². The molecule has 0 saturated carbocycles. The molecular weight excluding hydrogens is 417 g/mol. The molecule has 1 aliphatic rings. The summed E-state index contributed by atoms with van der Waals surface area (Å²) in [7, 11) is 1.72. The van der Waals surface area contributed by atoms with E-state index in [4.69, 9.17) is 0 Å². The molecule has 0 aromatic carbocycles. The molecule has 0 radical (unpaired) electrons. The summed E-state index contributed by atoms with van der Waals surface area (Å²) in [5.41, 5.74) is 5.24. The minimum Gasteiger partial charge on any atom is -0.355 e. The number of nitrogens with zero attached hydrogens (tertiary/aromatic N) is 6. The smallest absolute Gasteiger partial charge is 0.355 e. The highest BCUT2D eigenvalue weighted by Gasteiger charge is 2.38. The Kier molecular flexibility index (Phi) is 5.25. The summed E-state index contributed by atoms with van der Waals surface area (Å²) in [5.74, 6) is -1.93. The second-order valence-electron chi connectivity index (χ2n) is 7.19. The molecule has 4 heterocycles. The summed E-state index contributed by atoms with van der Waals surface area (Å²) in [6, 6.07) is 6.34. The molecule has 0 spiro atoms. The Labute approximate surface area is 174 Å². The number of hydrogen-bond acceptors (Lipinski definition) is 6. The van der Waals surface area contributed by atoms with E-state index in [1.54, 1.807) is 40.9 Å². The first-order chi connectivity index (χ1) is 14.7. The standard InChI is InChI=1S/C18H19F3N8O2/c1-27-8-2-3-12(27)16(31)24-23-15(30)11-6-9-28(10-7-11)14-5-4-13-22-25-17(18(19,20)21)29(13)26-14/h2-5,8,11H,6-7,9-10H2,1H3,(H,23,30)(H,24,31). The Hall–Kier alpha value is -3.64. The van der Waals surface area contributed by atoms with Gasteiger partial charge in [0.1, 0.15) is 11.5 Å². The number of carbonyl (C=O) groups excluding carboxylic acids is 2. The molecule has 31 heavy (non-hydrogen) atoms. The van der Waals surface area contributed by atoms with E-state index < -0.39 is 17.9 Å². The summed E-state index contributed by atoms with van der Waals surface area (Å²) in [5, 5.41) is 10.7. The Morgan fingerprint density at radius 2 is 1.84 bits per heavy atom. The van der Waals surface area contributed by atoms with Crippen molar-refractivity contribution in [1.29, 1.82) is 0 Å². The van der Waals surface area contributed by atoms with Crippen LogP contribution in [0.1, 0.15) is 29.2 Å². The van der Waals surface area contributed by atoms with Gasteiger partial charge in [-0.1, -0.05) is 0 Å². The highest BCUT2D eigenvalue weighted by atomic mass is 19.4. The van der Waals surface area contributed by atoms with Crippen molar-refractivity contribution in [3.63, 3.8) is 0 Å². The van der Waals surface area contributed by atoms with Gasteiger partial charge in [0.25, 0.3) is 11.7 Å². The van der Waals surface area contributed by atoms with Crippen LogP contribution in [0.3, 0.4) is 0 Å². The topological polar surface area (TPSA) is 109 Å².